The van der Waals surface area contributed by atoms with Crippen molar-refractivity contribution in [2.75, 3.05) is 6.61 Å². The van der Waals surface area contributed by atoms with E-state index in [0.717, 1.165) is 43.4 Å². The standard InChI is InChI=1S/C21H27NO3/c1-2-14-3-5-18(6-4-14)20(24)25-13-19(23)22-21-10-15-7-16(11-21)9-17(8-15)12-21/h3-6,15-17H,2,7-13H2,1H3,(H,22,23). The van der Waals surface area contributed by atoms with Crippen LogP contribution in [0.3, 0.4) is 0 Å². The third-order valence-corrected chi connectivity index (χ3v) is 6.38. The molecule has 4 aliphatic rings. The predicted molar refractivity (Wildman–Crippen MR) is 95.1 cm³/mol. The Labute approximate surface area is 149 Å². The van der Waals surface area contributed by atoms with Gasteiger partial charge < -0.3 is 10.1 Å². The van der Waals surface area contributed by atoms with Gasteiger partial charge in [-0.2, -0.15) is 0 Å². The summed E-state index contributed by atoms with van der Waals surface area (Å²) in [6, 6.07) is 7.37. The summed E-state index contributed by atoms with van der Waals surface area (Å²) in [5.74, 6) is 1.77. The molecule has 1 aromatic carbocycles. The minimum atomic E-state index is -0.427. The summed E-state index contributed by atoms with van der Waals surface area (Å²) in [5.41, 5.74) is 1.65. The van der Waals surface area contributed by atoms with Gasteiger partial charge in [0.1, 0.15) is 0 Å². The van der Waals surface area contributed by atoms with Gasteiger partial charge in [-0.05, 0) is 80.4 Å². The number of ether oxygens (including phenoxy) is 1. The van der Waals surface area contributed by atoms with E-state index in [1.54, 1.807) is 12.1 Å². The van der Waals surface area contributed by atoms with E-state index >= 15 is 0 Å². The van der Waals surface area contributed by atoms with Gasteiger partial charge in [-0.3, -0.25) is 4.79 Å². The number of hydrogen-bond acceptors (Lipinski definition) is 3. The molecule has 0 spiro atoms. The lowest BCUT2D eigenvalue weighted by Gasteiger charge is -2.56. The number of carbonyl (C=O) groups excluding carboxylic acids is 2. The molecule has 4 nitrogen and oxygen atoms in total. The van der Waals surface area contributed by atoms with Crippen molar-refractivity contribution < 1.29 is 14.3 Å². The van der Waals surface area contributed by atoms with Crippen LogP contribution in [0.1, 0.15) is 61.4 Å². The third-order valence-electron chi connectivity index (χ3n) is 6.38. The number of benzene rings is 1. The predicted octanol–water partition coefficient (Wildman–Crippen LogP) is 3.49. The minimum Gasteiger partial charge on any atom is -0.452 e. The Balaban J connectivity index is 1.31. The van der Waals surface area contributed by atoms with Crippen LogP contribution < -0.4 is 5.32 Å². The zero-order valence-corrected chi connectivity index (χ0v) is 14.9. The van der Waals surface area contributed by atoms with Crippen molar-refractivity contribution in [3.8, 4) is 0 Å². The van der Waals surface area contributed by atoms with Crippen LogP contribution in [0.4, 0.5) is 0 Å². The Morgan fingerprint density at radius 1 is 1.04 bits per heavy atom. The molecule has 0 heterocycles. The minimum absolute atomic E-state index is 0.0268. The Hall–Kier alpha value is -1.84. The fourth-order valence-electron chi connectivity index (χ4n) is 5.69. The Morgan fingerprint density at radius 2 is 1.60 bits per heavy atom. The number of aryl methyl sites for hydroxylation is 1. The first-order valence-corrected chi connectivity index (χ1v) is 9.62. The van der Waals surface area contributed by atoms with Crippen molar-refractivity contribution in [3.05, 3.63) is 35.4 Å². The van der Waals surface area contributed by atoms with E-state index in [0.29, 0.717) is 5.56 Å². The van der Waals surface area contributed by atoms with Gasteiger partial charge in [0.2, 0.25) is 0 Å². The molecule has 4 aliphatic carbocycles. The quantitative estimate of drug-likeness (QED) is 0.834. The second-order valence-corrected chi connectivity index (χ2v) is 8.37. The van der Waals surface area contributed by atoms with Crippen molar-refractivity contribution >= 4 is 11.9 Å². The van der Waals surface area contributed by atoms with Crippen LogP contribution in [-0.2, 0) is 16.0 Å². The topological polar surface area (TPSA) is 55.4 Å². The second kappa shape index (κ2) is 6.47. The van der Waals surface area contributed by atoms with Gasteiger partial charge in [0.15, 0.2) is 6.61 Å². The molecular weight excluding hydrogens is 314 g/mol. The van der Waals surface area contributed by atoms with Crippen molar-refractivity contribution in [1.29, 1.82) is 0 Å². The summed E-state index contributed by atoms with van der Waals surface area (Å²) < 4.78 is 5.23. The highest BCUT2D eigenvalue weighted by Gasteiger charge is 2.51. The van der Waals surface area contributed by atoms with Crippen molar-refractivity contribution in [1.82, 2.24) is 5.32 Å². The molecule has 134 valence electrons. The SMILES string of the molecule is CCc1ccc(C(=O)OCC(=O)NC23CC4CC(CC(C4)C2)C3)cc1. The zero-order valence-electron chi connectivity index (χ0n) is 14.9. The molecule has 4 fully saturated rings. The lowest BCUT2D eigenvalue weighted by atomic mass is 9.53. The summed E-state index contributed by atoms with van der Waals surface area (Å²) in [4.78, 5) is 24.5. The molecule has 25 heavy (non-hydrogen) atoms. The second-order valence-electron chi connectivity index (χ2n) is 8.37. The molecule has 0 saturated heterocycles. The van der Waals surface area contributed by atoms with Crippen LogP contribution in [0.25, 0.3) is 0 Å². The molecule has 4 bridgehead atoms. The molecule has 0 atom stereocenters. The van der Waals surface area contributed by atoms with Crippen LogP contribution in [-0.4, -0.2) is 24.0 Å². The number of esters is 1. The monoisotopic (exact) mass is 341 g/mol. The smallest absolute Gasteiger partial charge is 0.338 e. The summed E-state index contributed by atoms with van der Waals surface area (Å²) in [5, 5.41) is 3.23. The first kappa shape index (κ1) is 16.6. The maximum absolute atomic E-state index is 12.4. The fourth-order valence-corrected chi connectivity index (χ4v) is 5.69. The van der Waals surface area contributed by atoms with Crippen LogP contribution in [0.2, 0.25) is 0 Å². The highest BCUT2D eigenvalue weighted by molar-refractivity contribution is 5.91. The first-order valence-electron chi connectivity index (χ1n) is 9.62. The molecule has 4 saturated carbocycles. The number of amides is 1. The Kier molecular flexibility index (Phi) is 4.30. The van der Waals surface area contributed by atoms with Crippen LogP contribution in [0.5, 0.6) is 0 Å². The van der Waals surface area contributed by atoms with Crippen LogP contribution in [0.15, 0.2) is 24.3 Å². The average molecular weight is 341 g/mol. The van der Waals surface area contributed by atoms with Gasteiger partial charge in [-0.1, -0.05) is 19.1 Å². The van der Waals surface area contributed by atoms with Crippen molar-refractivity contribution in [3.63, 3.8) is 0 Å². The fraction of sp³-hybridized carbons (Fsp3) is 0.619. The number of rotatable bonds is 5. The molecule has 4 heteroatoms. The number of carbonyl (C=O) groups is 2. The van der Waals surface area contributed by atoms with E-state index < -0.39 is 5.97 Å². The van der Waals surface area contributed by atoms with Gasteiger partial charge in [-0.25, -0.2) is 4.79 Å². The number of hydrogen-bond donors (Lipinski definition) is 1. The normalized spacial score (nSPS) is 32.4. The molecule has 1 aromatic rings. The molecule has 0 aromatic heterocycles. The summed E-state index contributed by atoms with van der Waals surface area (Å²) in [6.45, 7) is 1.89. The lowest BCUT2D eigenvalue weighted by molar-refractivity contribution is -0.130. The molecule has 0 aliphatic heterocycles. The van der Waals surface area contributed by atoms with Gasteiger partial charge in [0.05, 0.1) is 5.56 Å². The summed E-state index contributed by atoms with van der Waals surface area (Å²) >= 11 is 0. The maximum atomic E-state index is 12.4. The zero-order chi connectivity index (χ0) is 17.4. The molecule has 0 radical (unpaired) electrons. The van der Waals surface area contributed by atoms with Crippen molar-refractivity contribution in [2.45, 2.75) is 57.4 Å². The Bertz CT molecular complexity index is 629. The molecule has 0 unspecified atom stereocenters. The Morgan fingerprint density at radius 3 is 2.12 bits per heavy atom. The number of nitrogens with one attached hydrogen (secondary N) is 1. The van der Waals surface area contributed by atoms with E-state index in [1.807, 2.05) is 12.1 Å². The van der Waals surface area contributed by atoms with Crippen LogP contribution in [0, 0.1) is 17.8 Å². The van der Waals surface area contributed by atoms with Gasteiger partial charge in [0.25, 0.3) is 5.91 Å². The van der Waals surface area contributed by atoms with E-state index in [1.165, 1.54) is 24.8 Å². The maximum Gasteiger partial charge on any atom is 0.338 e. The highest BCUT2D eigenvalue weighted by atomic mass is 16.5. The molecule has 1 amide bonds. The third kappa shape index (κ3) is 3.44. The average Bonchev–Trinajstić information content (AvgIpc) is 2.58. The van der Waals surface area contributed by atoms with E-state index in [4.69, 9.17) is 4.74 Å². The van der Waals surface area contributed by atoms with E-state index in [9.17, 15) is 9.59 Å². The van der Waals surface area contributed by atoms with Gasteiger partial charge >= 0.3 is 5.97 Å². The first-order chi connectivity index (χ1) is 12.0. The van der Waals surface area contributed by atoms with E-state index in [2.05, 4.69) is 12.2 Å². The van der Waals surface area contributed by atoms with Gasteiger partial charge in [-0.15, -0.1) is 0 Å². The largest absolute Gasteiger partial charge is 0.452 e. The van der Waals surface area contributed by atoms with Crippen LogP contribution >= 0.6 is 0 Å². The summed E-state index contributed by atoms with van der Waals surface area (Å²) in [7, 11) is 0. The molecule has 5 rings (SSSR count). The highest BCUT2D eigenvalue weighted by Crippen LogP contribution is 2.55. The molecular formula is C21H27NO3. The van der Waals surface area contributed by atoms with E-state index in [-0.39, 0.29) is 18.1 Å². The summed E-state index contributed by atoms with van der Waals surface area (Å²) in [6.07, 6.45) is 8.29. The molecule has 1 N–H and O–H groups in total. The van der Waals surface area contributed by atoms with Crippen molar-refractivity contribution in [2.24, 2.45) is 17.8 Å². The lowest BCUT2D eigenvalue weighted by Crippen LogP contribution is -2.60. The van der Waals surface area contributed by atoms with Gasteiger partial charge in [0, 0.05) is 5.54 Å².